The molecule has 0 unspecified atom stereocenters. The molecule has 148 valence electrons. The number of halogens is 1. The molecule has 7 heteroatoms. The Balaban J connectivity index is 1.72. The zero-order chi connectivity index (χ0) is 20.5. The van der Waals surface area contributed by atoms with Crippen molar-refractivity contribution in [3.63, 3.8) is 0 Å². The smallest absolute Gasteiger partial charge is 0.358 e. The standard InChI is InChI=1S/C22H20ClN3O3/c1-3-28-22(27)19-8-13(2)26(25-19)12-16-10-17(23)9-15-11-20(29-21(15)16)14-4-6-18(24)7-5-14/h4-11H,3,12,24H2,1-2H3. The van der Waals surface area contributed by atoms with Crippen molar-refractivity contribution in [1.82, 2.24) is 9.78 Å². The van der Waals surface area contributed by atoms with E-state index >= 15 is 0 Å². The summed E-state index contributed by atoms with van der Waals surface area (Å²) in [6.45, 7) is 4.37. The second kappa shape index (κ2) is 7.64. The Hall–Kier alpha value is -3.25. The third kappa shape index (κ3) is 3.84. The fourth-order valence-corrected chi connectivity index (χ4v) is 3.48. The summed E-state index contributed by atoms with van der Waals surface area (Å²) < 4.78 is 12.9. The normalized spacial score (nSPS) is 11.1. The molecule has 4 rings (SSSR count). The lowest BCUT2D eigenvalue weighted by Gasteiger charge is -2.06. The maximum absolute atomic E-state index is 12.0. The first-order valence-corrected chi connectivity index (χ1v) is 9.62. The van der Waals surface area contributed by atoms with Crippen LogP contribution in [0.2, 0.25) is 5.02 Å². The van der Waals surface area contributed by atoms with Crippen LogP contribution in [0, 0.1) is 6.92 Å². The van der Waals surface area contributed by atoms with Crippen LogP contribution < -0.4 is 5.73 Å². The number of carbonyl (C=O) groups is 1. The molecule has 2 aromatic carbocycles. The van der Waals surface area contributed by atoms with Crippen molar-refractivity contribution in [3.8, 4) is 11.3 Å². The van der Waals surface area contributed by atoms with Crippen LogP contribution >= 0.6 is 11.6 Å². The second-order valence-electron chi connectivity index (χ2n) is 6.77. The van der Waals surface area contributed by atoms with E-state index in [0.29, 0.717) is 23.9 Å². The minimum absolute atomic E-state index is 0.282. The first-order valence-electron chi connectivity index (χ1n) is 9.24. The fraction of sp³-hybridized carbons (Fsp3) is 0.182. The number of nitrogens with zero attached hydrogens (tertiary/aromatic N) is 2. The van der Waals surface area contributed by atoms with E-state index in [2.05, 4.69) is 5.10 Å². The molecule has 0 atom stereocenters. The van der Waals surface area contributed by atoms with Gasteiger partial charge in [0.1, 0.15) is 11.3 Å². The van der Waals surface area contributed by atoms with Crippen LogP contribution in [0.1, 0.15) is 28.7 Å². The van der Waals surface area contributed by atoms with Gasteiger partial charge in [0.2, 0.25) is 0 Å². The van der Waals surface area contributed by atoms with Crippen LogP contribution in [0.4, 0.5) is 5.69 Å². The summed E-state index contributed by atoms with van der Waals surface area (Å²) in [7, 11) is 0. The monoisotopic (exact) mass is 409 g/mol. The average molecular weight is 410 g/mol. The predicted molar refractivity (Wildman–Crippen MR) is 113 cm³/mol. The van der Waals surface area contributed by atoms with E-state index in [1.165, 1.54) is 0 Å². The van der Waals surface area contributed by atoms with Gasteiger partial charge in [0, 0.05) is 32.9 Å². The van der Waals surface area contributed by atoms with Gasteiger partial charge in [-0.2, -0.15) is 5.10 Å². The van der Waals surface area contributed by atoms with E-state index in [9.17, 15) is 4.79 Å². The summed E-state index contributed by atoms with van der Waals surface area (Å²) in [6.07, 6.45) is 0. The molecule has 0 saturated carbocycles. The van der Waals surface area contributed by atoms with Crippen molar-refractivity contribution in [2.75, 3.05) is 12.3 Å². The molecule has 29 heavy (non-hydrogen) atoms. The van der Waals surface area contributed by atoms with Gasteiger partial charge in [-0.15, -0.1) is 0 Å². The van der Waals surface area contributed by atoms with E-state index < -0.39 is 5.97 Å². The highest BCUT2D eigenvalue weighted by Crippen LogP contribution is 2.33. The Morgan fingerprint density at radius 2 is 1.97 bits per heavy atom. The van der Waals surface area contributed by atoms with E-state index in [1.807, 2.05) is 49.4 Å². The number of ether oxygens (including phenoxy) is 1. The number of esters is 1. The highest BCUT2D eigenvalue weighted by molar-refractivity contribution is 6.31. The van der Waals surface area contributed by atoms with Crippen molar-refractivity contribution < 1.29 is 13.9 Å². The molecule has 0 aliphatic carbocycles. The Bertz CT molecular complexity index is 1190. The second-order valence-corrected chi connectivity index (χ2v) is 7.20. The van der Waals surface area contributed by atoms with Crippen molar-refractivity contribution in [3.05, 3.63) is 70.5 Å². The summed E-state index contributed by atoms with van der Waals surface area (Å²) in [5.74, 6) is 0.294. The average Bonchev–Trinajstić information content (AvgIpc) is 3.26. The number of aryl methyl sites for hydroxylation is 1. The number of carbonyl (C=O) groups excluding carboxylic acids is 1. The lowest BCUT2D eigenvalue weighted by molar-refractivity contribution is 0.0518. The lowest BCUT2D eigenvalue weighted by Crippen LogP contribution is -2.08. The Labute approximate surface area is 172 Å². The van der Waals surface area contributed by atoms with Crippen LogP contribution in [-0.2, 0) is 11.3 Å². The molecule has 6 nitrogen and oxygen atoms in total. The Morgan fingerprint density at radius 3 is 2.69 bits per heavy atom. The molecule has 2 heterocycles. The zero-order valence-electron chi connectivity index (χ0n) is 16.1. The summed E-state index contributed by atoms with van der Waals surface area (Å²) in [5, 5.41) is 5.88. The quantitative estimate of drug-likeness (QED) is 0.367. The topological polar surface area (TPSA) is 83.3 Å². The van der Waals surface area contributed by atoms with Crippen molar-refractivity contribution in [2.45, 2.75) is 20.4 Å². The number of furan rings is 1. The molecule has 0 amide bonds. The number of rotatable bonds is 5. The highest BCUT2D eigenvalue weighted by Gasteiger charge is 2.16. The number of aromatic nitrogens is 2. The van der Waals surface area contributed by atoms with E-state index in [1.54, 1.807) is 17.7 Å². The number of fused-ring (bicyclic) bond motifs is 1. The van der Waals surface area contributed by atoms with Crippen LogP contribution in [0.5, 0.6) is 0 Å². The zero-order valence-corrected chi connectivity index (χ0v) is 16.9. The van der Waals surface area contributed by atoms with Crippen molar-refractivity contribution in [1.29, 1.82) is 0 Å². The van der Waals surface area contributed by atoms with Crippen LogP contribution in [0.25, 0.3) is 22.3 Å². The maximum Gasteiger partial charge on any atom is 0.358 e. The van der Waals surface area contributed by atoms with Gasteiger partial charge < -0.3 is 14.9 Å². The minimum atomic E-state index is -0.436. The summed E-state index contributed by atoms with van der Waals surface area (Å²) in [4.78, 5) is 12.0. The van der Waals surface area contributed by atoms with Gasteiger partial charge in [0.25, 0.3) is 0 Å². The number of hydrogen-bond acceptors (Lipinski definition) is 5. The van der Waals surface area contributed by atoms with Crippen LogP contribution in [0.3, 0.4) is 0 Å². The molecule has 0 fully saturated rings. The van der Waals surface area contributed by atoms with Crippen LogP contribution in [-0.4, -0.2) is 22.4 Å². The van der Waals surface area contributed by atoms with Gasteiger partial charge in [-0.05, 0) is 62.4 Å². The first kappa shape index (κ1) is 19.1. The fourth-order valence-electron chi connectivity index (χ4n) is 3.23. The van der Waals surface area contributed by atoms with Crippen molar-refractivity contribution >= 4 is 34.2 Å². The Morgan fingerprint density at radius 1 is 1.21 bits per heavy atom. The number of anilines is 1. The van der Waals surface area contributed by atoms with Gasteiger partial charge in [0.15, 0.2) is 5.69 Å². The lowest BCUT2D eigenvalue weighted by atomic mass is 10.1. The molecule has 0 radical (unpaired) electrons. The predicted octanol–water partition coefficient (Wildman–Crippen LogP) is 5.07. The number of benzene rings is 2. The minimum Gasteiger partial charge on any atom is -0.461 e. The molecule has 2 aromatic heterocycles. The molecule has 4 aromatic rings. The third-order valence-electron chi connectivity index (χ3n) is 4.64. The molecule has 2 N–H and O–H groups in total. The van der Waals surface area contributed by atoms with Gasteiger partial charge in [-0.3, -0.25) is 4.68 Å². The van der Waals surface area contributed by atoms with Crippen LogP contribution in [0.15, 0.2) is 52.9 Å². The molecule has 0 saturated heterocycles. The molecule has 0 bridgehead atoms. The number of nitrogen functional groups attached to an aromatic ring is 1. The van der Waals surface area contributed by atoms with E-state index in [0.717, 1.165) is 33.6 Å². The number of hydrogen-bond donors (Lipinski definition) is 1. The van der Waals surface area contributed by atoms with Gasteiger partial charge in [0.05, 0.1) is 13.2 Å². The molecule has 0 aliphatic rings. The highest BCUT2D eigenvalue weighted by atomic mass is 35.5. The third-order valence-corrected chi connectivity index (χ3v) is 4.86. The number of nitrogens with two attached hydrogens (primary N) is 1. The summed E-state index contributed by atoms with van der Waals surface area (Å²) in [5.41, 5.74) is 10.1. The van der Waals surface area contributed by atoms with E-state index in [4.69, 9.17) is 26.5 Å². The molecular weight excluding hydrogens is 390 g/mol. The summed E-state index contributed by atoms with van der Waals surface area (Å²) >= 11 is 6.34. The van der Waals surface area contributed by atoms with Gasteiger partial charge in [-0.25, -0.2) is 4.79 Å². The molecule has 0 spiro atoms. The largest absolute Gasteiger partial charge is 0.461 e. The van der Waals surface area contributed by atoms with Gasteiger partial charge in [-0.1, -0.05) is 11.6 Å². The summed E-state index contributed by atoms with van der Waals surface area (Å²) in [6, 6.07) is 14.9. The first-order chi connectivity index (χ1) is 13.9. The van der Waals surface area contributed by atoms with Crippen molar-refractivity contribution in [2.24, 2.45) is 0 Å². The molecular formula is C22H20ClN3O3. The Kier molecular flexibility index (Phi) is 5.03. The SMILES string of the molecule is CCOC(=O)c1cc(C)n(Cc2cc(Cl)cc3cc(-c4ccc(N)cc4)oc23)n1. The maximum atomic E-state index is 12.0. The van der Waals surface area contributed by atoms with E-state index in [-0.39, 0.29) is 5.69 Å². The van der Waals surface area contributed by atoms with Gasteiger partial charge >= 0.3 is 5.97 Å². The molecule has 0 aliphatic heterocycles.